The van der Waals surface area contributed by atoms with Crippen LogP contribution in [-0.2, 0) is 11.3 Å². The number of amides is 1. The molecule has 21 heavy (non-hydrogen) atoms. The van der Waals surface area contributed by atoms with Crippen molar-refractivity contribution in [1.29, 1.82) is 0 Å². The van der Waals surface area contributed by atoms with Crippen molar-refractivity contribution in [2.45, 2.75) is 32.1 Å². The normalized spacial score (nSPS) is 22.1. The van der Waals surface area contributed by atoms with Crippen LogP contribution in [0.1, 0.15) is 29.8 Å². The number of nitrogen functional groups attached to an aromatic ring is 1. The molecule has 6 heteroatoms. The van der Waals surface area contributed by atoms with Gasteiger partial charge in [-0.3, -0.25) is 9.69 Å². The highest BCUT2D eigenvalue weighted by atomic mass is 16.5. The number of nitrogens with two attached hydrogens (primary N) is 2. The molecule has 0 aliphatic carbocycles. The molecule has 1 heterocycles. The first-order chi connectivity index (χ1) is 9.80. The van der Waals surface area contributed by atoms with Gasteiger partial charge in [-0.15, -0.1) is 0 Å². The second kappa shape index (κ2) is 6.01. The number of nitrogens with zero attached hydrogens (tertiary/aromatic N) is 1. The molecule has 116 valence electrons. The molecule has 1 aliphatic rings. The first kappa shape index (κ1) is 15.8. The lowest BCUT2D eigenvalue weighted by atomic mass is 10.0. The van der Waals surface area contributed by atoms with Gasteiger partial charge in [-0.25, -0.2) is 0 Å². The summed E-state index contributed by atoms with van der Waals surface area (Å²) in [6.45, 7) is 6.05. The summed E-state index contributed by atoms with van der Waals surface area (Å²) in [6.07, 6.45) is -0.195. The van der Waals surface area contributed by atoms with Gasteiger partial charge >= 0.3 is 0 Å². The highest BCUT2D eigenvalue weighted by Crippen LogP contribution is 2.24. The molecule has 1 fully saturated rings. The Morgan fingerprint density at radius 1 is 1.52 bits per heavy atom. The highest BCUT2D eigenvalue weighted by molar-refractivity contribution is 5.93. The molecular formula is C15H23N3O3. The number of hydrogen-bond donors (Lipinski definition) is 3. The maximum atomic E-state index is 11.1. The fraction of sp³-hybridized carbons (Fsp3) is 0.533. The van der Waals surface area contributed by atoms with Crippen LogP contribution >= 0.6 is 0 Å². The smallest absolute Gasteiger partial charge is 0.248 e. The number of morpholine rings is 1. The number of carbonyl (C=O) groups is 1. The number of benzene rings is 1. The summed E-state index contributed by atoms with van der Waals surface area (Å²) in [6, 6.07) is 5.11. The molecular weight excluding hydrogens is 270 g/mol. The Morgan fingerprint density at radius 3 is 2.81 bits per heavy atom. The molecule has 0 bridgehead atoms. The fourth-order valence-corrected chi connectivity index (χ4v) is 2.77. The van der Waals surface area contributed by atoms with E-state index in [0.29, 0.717) is 24.3 Å². The molecule has 1 aliphatic heterocycles. The highest BCUT2D eigenvalue weighted by Gasteiger charge is 2.33. The molecule has 2 rings (SSSR count). The van der Waals surface area contributed by atoms with E-state index in [1.54, 1.807) is 12.1 Å². The quantitative estimate of drug-likeness (QED) is 0.695. The lowest BCUT2D eigenvalue weighted by molar-refractivity contribution is -0.150. The lowest BCUT2D eigenvalue weighted by Crippen LogP contribution is -2.53. The van der Waals surface area contributed by atoms with Crippen LogP contribution in [0.4, 0.5) is 5.69 Å². The van der Waals surface area contributed by atoms with E-state index < -0.39 is 5.91 Å². The van der Waals surface area contributed by atoms with Crippen LogP contribution in [0, 0.1) is 0 Å². The van der Waals surface area contributed by atoms with E-state index in [0.717, 1.165) is 12.1 Å². The maximum Gasteiger partial charge on any atom is 0.248 e. The molecule has 1 atom stereocenters. The summed E-state index contributed by atoms with van der Waals surface area (Å²) >= 11 is 0. The second-order valence-corrected chi connectivity index (χ2v) is 6.13. The standard InChI is InChI=1S/C15H23N3O3/c1-15(2)9-18(7-12(8-19)21-15)6-11-4-3-10(14(17)20)5-13(11)16/h3-5,12,19H,6-9,16H2,1-2H3,(H2,17,20). The van der Waals surface area contributed by atoms with Crippen molar-refractivity contribution in [3.8, 4) is 0 Å². The van der Waals surface area contributed by atoms with Gasteiger partial charge in [-0.2, -0.15) is 0 Å². The third kappa shape index (κ3) is 3.93. The topological polar surface area (TPSA) is 102 Å². The van der Waals surface area contributed by atoms with E-state index in [1.807, 2.05) is 19.9 Å². The van der Waals surface area contributed by atoms with Crippen LogP contribution in [0.2, 0.25) is 0 Å². The van der Waals surface area contributed by atoms with Crippen molar-refractivity contribution in [3.63, 3.8) is 0 Å². The van der Waals surface area contributed by atoms with Gasteiger partial charge in [0.25, 0.3) is 0 Å². The van der Waals surface area contributed by atoms with Crippen molar-refractivity contribution < 1.29 is 14.6 Å². The van der Waals surface area contributed by atoms with Gasteiger partial charge in [-0.05, 0) is 31.5 Å². The fourth-order valence-electron chi connectivity index (χ4n) is 2.77. The number of carbonyl (C=O) groups excluding carboxylic acids is 1. The Morgan fingerprint density at radius 2 is 2.24 bits per heavy atom. The summed E-state index contributed by atoms with van der Waals surface area (Å²) < 4.78 is 5.79. The molecule has 1 aromatic rings. The van der Waals surface area contributed by atoms with Crippen LogP contribution in [-0.4, -0.2) is 47.3 Å². The van der Waals surface area contributed by atoms with Crippen molar-refractivity contribution in [2.24, 2.45) is 5.73 Å². The minimum Gasteiger partial charge on any atom is -0.398 e. The van der Waals surface area contributed by atoms with E-state index in [2.05, 4.69) is 4.90 Å². The predicted molar refractivity (Wildman–Crippen MR) is 80.7 cm³/mol. The van der Waals surface area contributed by atoms with Crippen LogP contribution in [0.15, 0.2) is 18.2 Å². The van der Waals surface area contributed by atoms with Gasteiger partial charge in [0, 0.05) is 30.9 Å². The molecule has 0 spiro atoms. The van der Waals surface area contributed by atoms with Crippen LogP contribution in [0.3, 0.4) is 0 Å². The van der Waals surface area contributed by atoms with Gasteiger partial charge in [0.05, 0.1) is 18.3 Å². The Labute approximate surface area is 124 Å². The molecule has 0 saturated carbocycles. The Balaban J connectivity index is 2.12. The third-order valence-electron chi connectivity index (χ3n) is 3.58. The number of aliphatic hydroxyl groups is 1. The number of rotatable bonds is 4. The van der Waals surface area contributed by atoms with E-state index in [9.17, 15) is 9.90 Å². The summed E-state index contributed by atoms with van der Waals surface area (Å²) in [7, 11) is 0. The molecule has 0 radical (unpaired) electrons. The molecule has 1 amide bonds. The first-order valence-electron chi connectivity index (χ1n) is 7.00. The minimum absolute atomic E-state index is 0.00394. The van der Waals surface area contributed by atoms with Crippen molar-refractivity contribution in [1.82, 2.24) is 4.90 Å². The SMILES string of the molecule is CC1(C)CN(Cc2ccc(C(N)=O)cc2N)CC(CO)O1. The summed E-state index contributed by atoms with van der Waals surface area (Å²) in [4.78, 5) is 13.3. The zero-order valence-electron chi connectivity index (χ0n) is 12.5. The van der Waals surface area contributed by atoms with E-state index in [4.69, 9.17) is 16.2 Å². The monoisotopic (exact) mass is 293 g/mol. The maximum absolute atomic E-state index is 11.1. The Hall–Kier alpha value is -1.63. The third-order valence-corrected chi connectivity index (χ3v) is 3.58. The van der Waals surface area contributed by atoms with Gasteiger partial charge in [0.2, 0.25) is 5.91 Å². The lowest BCUT2D eigenvalue weighted by Gasteiger charge is -2.42. The molecule has 5 N–H and O–H groups in total. The number of primary amides is 1. The molecule has 0 aromatic heterocycles. The number of anilines is 1. The zero-order valence-corrected chi connectivity index (χ0v) is 12.5. The van der Waals surface area contributed by atoms with Gasteiger partial charge < -0.3 is 21.3 Å². The largest absolute Gasteiger partial charge is 0.398 e. The average molecular weight is 293 g/mol. The first-order valence-corrected chi connectivity index (χ1v) is 7.00. The number of hydrogen-bond acceptors (Lipinski definition) is 5. The van der Waals surface area contributed by atoms with Gasteiger partial charge in [0.15, 0.2) is 0 Å². The summed E-state index contributed by atoms with van der Waals surface area (Å²) in [5, 5.41) is 9.33. The Bertz CT molecular complexity index is 531. The van der Waals surface area contributed by atoms with Crippen molar-refractivity contribution in [3.05, 3.63) is 29.3 Å². The number of aliphatic hydroxyl groups excluding tert-OH is 1. The number of ether oxygens (including phenoxy) is 1. The van der Waals surface area contributed by atoms with Crippen LogP contribution in [0.5, 0.6) is 0 Å². The zero-order chi connectivity index (χ0) is 15.6. The van der Waals surface area contributed by atoms with E-state index >= 15 is 0 Å². The molecule has 1 unspecified atom stereocenters. The Kier molecular flexibility index (Phi) is 4.51. The van der Waals surface area contributed by atoms with Crippen molar-refractivity contribution in [2.75, 3.05) is 25.4 Å². The van der Waals surface area contributed by atoms with Crippen molar-refractivity contribution >= 4 is 11.6 Å². The molecule has 1 saturated heterocycles. The summed E-state index contributed by atoms with van der Waals surface area (Å²) in [5.74, 6) is -0.485. The van der Waals surface area contributed by atoms with E-state index in [-0.39, 0.29) is 18.3 Å². The summed E-state index contributed by atoms with van der Waals surface area (Å²) in [5.41, 5.74) is 12.8. The van der Waals surface area contributed by atoms with Gasteiger partial charge in [0.1, 0.15) is 0 Å². The second-order valence-electron chi connectivity index (χ2n) is 6.13. The molecule has 1 aromatic carbocycles. The molecule has 6 nitrogen and oxygen atoms in total. The minimum atomic E-state index is -0.485. The average Bonchev–Trinajstić information content (AvgIpc) is 2.39. The van der Waals surface area contributed by atoms with Crippen LogP contribution in [0.25, 0.3) is 0 Å². The predicted octanol–water partition coefficient (Wildman–Crippen LogP) is 0.339. The van der Waals surface area contributed by atoms with Gasteiger partial charge in [-0.1, -0.05) is 6.07 Å². The van der Waals surface area contributed by atoms with Crippen LogP contribution < -0.4 is 11.5 Å². The van der Waals surface area contributed by atoms with E-state index in [1.165, 1.54) is 0 Å².